The van der Waals surface area contributed by atoms with Gasteiger partial charge in [-0.25, -0.2) is 0 Å². The highest BCUT2D eigenvalue weighted by atomic mass is 127. The van der Waals surface area contributed by atoms with Crippen molar-refractivity contribution in [2.45, 2.75) is 0 Å². The second kappa shape index (κ2) is 4.93. The van der Waals surface area contributed by atoms with Crippen LogP contribution in [0.4, 0.5) is 0 Å². The quantitative estimate of drug-likeness (QED) is 0.573. The molecule has 0 nitrogen and oxygen atoms in total. The van der Waals surface area contributed by atoms with E-state index in [2.05, 4.69) is 68.9 Å². The average molecular weight is 323 g/mol. The van der Waals surface area contributed by atoms with Crippen molar-refractivity contribution < 1.29 is 0 Å². The molecule has 0 aromatic heterocycles. The minimum absolute atomic E-state index is 0.917. The standard InChI is InChI=1S/C9H8BrI/c10-7-6-9(11)8-4-2-1-3-5-8/h1-6H,7H2. The fourth-order valence-electron chi connectivity index (χ4n) is 0.783. The number of rotatable bonds is 2. The number of halogens is 2. The van der Waals surface area contributed by atoms with Gasteiger partial charge in [0.15, 0.2) is 0 Å². The maximum absolute atomic E-state index is 3.37. The Kier molecular flexibility index (Phi) is 4.15. The largest absolute Gasteiger partial charge is 0.0882 e. The molecule has 0 aliphatic rings. The molecule has 11 heavy (non-hydrogen) atoms. The Hall–Kier alpha value is 0.170. The Morgan fingerprint density at radius 3 is 2.55 bits per heavy atom. The molecule has 0 amide bonds. The lowest BCUT2D eigenvalue weighted by atomic mass is 10.2. The Morgan fingerprint density at radius 1 is 1.36 bits per heavy atom. The summed E-state index contributed by atoms with van der Waals surface area (Å²) in [4.78, 5) is 0. The van der Waals surface area contributed by atoms with Gasteiger partial charge in [-0.05, 0) is 28.2 Å². The molecule has 0 atom stereocenters. The van der Waals surface area contributed by atoms with Crippen molar-refractivity contribution in [2.24, 2.45) is 0 Å². The van der Waals surface area contributed by atoms with Gasteiger partial charge in [-0.15, -0.1) is 0 Å². The summed E-state index contributed by atoms with van der Waals surface area (Å²) in [6.45, 7) is 0. The molecule has 1 rings (SSSR count). The van der Waals surface area contributed by atoms with Gasteiger partial charge in [0.25, 0.3) is 0 Å². The highest BCUT2D eigenvalue weighted by molar-refractivity contribution is 14.1. The Balaban J connectivity index is 2.85. The molecule has 1 aromatic rings. The van der Waals surface area contributed by atoms with Crippen molar-refractivity contribution in [2.75, 3.05) is 5.33 Å². The number of benzene rings is 1. The molecule has 0 aliphatic carbocycles. The van der Waals surface area contributed by atoms with E-state index >= 15 is 0 Å². The van der Waals surface area contributed by atoms with Gasteiger partial charge in [0, 0.05) is 8.91 Å². The molecule has 1 aromatic carbocycles. The predicted molar refractivity (Wildman–Crippen MR) is 62.2 cm³/mol. The first kappa shape index (κ1) is 9.26. The molecule has 0 N–H and O–H groups in total. The van der Waals surface area contributed by atoms with Gasteiger partial charge in [-0.3, -0.25) is 0 Å². The highest BCUT2D eigenvalue weighted by Crippen LogP contribution is 2.20. The summed E-state index contributed by atoms with van der Waals surface area (Å²) >= 11 is 5.70. The van der Waals surface area contributed by atoms with Gasteiger partial charge < -0.3 is 0 Å². The molecule has 0 fully saturated rings. The van der Waals surface area contributed by atoms with Crippen LogP contribution in [0.2, 0.25) is 0 Å². The van der Waals surface area contributed by atoms with E-state index in [9.17, 15) is 0 Å². The third-order valence-corrected chi connectivity index (χ3v) is 2.69. The lowest BCUT2D eigenvalue weighted by Crippen LogP contribution is -1.74. The molecular formula is C9H8BrI. The maximum Gasteiger partial charge on any atom is 0.0225 e. The number of hydrogen-bond acceptors (Lipinski definition) is 0. The molecule has 2 heteroatoms. The maximum atomic E-state index is 3.37. The zero-order chi connectivity index (χ0) is 8.10. The second-order valence-corrected chi connectivity index (χ2v) is 3.88. The molecule has 0 saturated carbocycles. The Bertz CT molecular complexity index is 241. The van der Waals surface area contributed by atoms with E-state index in [0.717, 1.165) is 5.33 Å². The summed E-state index contributed by atoms with van der Waals surface area (Å²) in [5, 5.41) is 0.917. The summed E-state index contributed by atoms with van der Waals surface area (Å²) in [6, 6.07) is 10.4. The minimum Gasteiger partial charge on any atom is -0.0882 e. The van der Waals surface area contributed by atoms with E-state index in [0.29, 0.717) is 0 Å². The smallest absolute Gasteiger partial charge is 0.0225 e. The van der Waals surface area contributed by atoms with Gasteiger partial charge in [0.1, 0.15) is 0 Å². The summed E-state index contributed by atoms with van der Waals surface area (Å²) in [5.41, 5.74) is 1.28. The van der Waals surface area contributed by atoms with E-state index in [1.54, 1.807) is 0 Å². The van der Waals surface area contributed by atoms with Crippen LogP contribution in [0.25, 0.3) is 3.58 Å². The minimum atomic E-state index is 0.917. The third kappa shape index (κ3) is 2.95. The van der Waals surface area contributed by atoms with Crippen LogP contribution in [0.5, 0.6) is 0 Å². The molecule has 0 saturated heterocycles. The van der Waals surface area contributed by atoms with Crippen LogP contribution in [0.3, 0.4) is 0 Å². The number of allylic oxidation sites excluding steroid dienone is 1. The molecule has 0 unspecified atom stereocenters. The lowest BCUT2D eigenvalue weighted by molar-refractivity contribution is 1.65. The van der Waals surface area contributed by atoms with Crippen LogP contribution in [-0.2, 0) is 0 Å². The van der Waals surface area contributed by atoms with Crippen LogP contribution in [-0.4, -0.2) is 5.33 Å². The van der Waals surface area contributed by atoms with Gasteiger partial charge >= 0.3 is 0 Å². The first-order valence-electron chi connectivity index (χ1n) is 3.31. The van der Waals surface area contributed by atoms with Crippen molar-refractivity contribution in [3.63, 3.8) is 0 Å². The summed E-state index contributed by atoms with van der Waals surface area (Å²) in [5.74, 6) is 0. The molecule has 0 bridgehead atoms. The van der Waals surface area contributed by atoms with Crippen LogP contribution in [0, 0.1) is 0 Å². The highest BCUT2D eigenvalue weighted by Gasteiger charge is 1.92. The van der Waals surface area contributed by atoms with Crippen molar-refractivity contribution in [1.82, 2.24) is 0 Å². The van der Waals surface area contributed by atoms with Crippen LogP contribution < -0.4 is 0 Å². The predicted octanol–water partition coefficient (Wildman–Crippen LogP) is 3.86. The normalized spacial score (nSPS) is 11.6. The van der Waals surface area contributed by atoms with Crippen molar-refractivity contribution in [3.05, 3.63) is 42.0 Å². The topological polar surface area (TPSA) is 0 Å². The van der Waals surface area contributed by atoms with Gasteiger partial charge in [0.2, 0.25) is 0 Å². The van der Waals surface area contributed by atoms with Gasteiger partial charge in [0.05, 0.1) is 0 Å². The first-order chi connectivity index (χ1) is 5.34. The average Bonchev–Trinajstić information content (AvgIpc) is 2.07. The molecule has 0 heterocycles. The number of alkyl halides is 1. The Labute approximate surface area is 89.0 Å². The summed E-state index contributed by atoms with van der Waals surface area (Å²) in [7, 11) is 0. The van der Waals surface area contributed by atoms with E-state index in [1.165, 1.54) is 9.14 Å². The summed E-state index contributed by atoms with van der Waals surface area (Å²) in [6.07, 6.45) is 2.15. The van der Waals surface area contributed by atoms with Crippen molar-refractivity contribution >= 4 is 42.1 Å². The lowest BCUT2D eigenvalue weighted by Gasteiger charge is -1.96. The van der Waals surface area contributed by atoms with E-state index < -0.39 is 0 Å². The van der Waals surface area contributed by atoms with E-state index in [1.807, 2.05) is 6.07 Å². The first-order valence-corrected chi connectivity index (χ1v) is 5.51. The fourth-order valence-corrected chi connectivity index (χ4v) is 2.29. The molecule has 58 valence electrons. The monoisotopic (exact) mass is 322 g/mol. The second-order valence-electron chi connectivity index (χ2n) is 2.07. The zero-order valence-corrected chi connectivity index (χ0v) is 9.67. The van der Waals surface area contributed by atoms with E-state index in [4.69, 9.17) is 0 Å². The van der Waals surface area contributed by atoms with Crippen LogP contribution in [0.15, 0.2) is 36.4 Å². The molecule has 0 radical (unpaired) electrons. The molecule has 0 aliphatic heterocycles. The zero-order valence-electron chi connectivity index (χ0n) is 5.93. The van der Waals surface area contributed by atoms with Gasteiger partial charge in [-0.1, -0.05) is 52.3 Å². The van der Waals surface area contributed by atoms with Gasteiger partial charge in [-0.2, -0.15) is 0 Å². The van der Waals surface area contributed by atoms with Crippen LogP contribution in [0.1, 0.15) is 5.56 Å². The van der Waals surface area contributed by atoms with E-state index in [-0.39, 0.29) is 0 Å². The molecule has 0 spiro atoms. The van der Waals surface area contributed by atoms with Crippen molar-refractivity contribution in [1.29, 1.82) is 0 Å². The fraction of sp³-hybridized carbons (Fsp3) is 0.111. The SMILES string of the molecule is BrCC=C(I)c1ccccc1. The molecular weight excluding hydrogens is 315 g/mol. The van der Waals surface area contributed by atoms with Crippen LogP contribution >= 0.6 is 38.5 Å². The Morgan fingerprint density at radius 2 is 2.00 bits per heavy atom. The number of hydrogen-bond donors (Lipinski definition) is 0. The van der Waals surface area contributed by atoms with Crippen molar-refractivity contribution in [3.8, 4) is 0 Å². The summed E-state index contributed by atoms with van der Waals surface area (Å²) < 4.78 is 1.29. The third-order valence-electron chi connectivity index (χ3n) is 1.31.